The highest BCUT2D eigenvalue weighted by Gasteiger charge is 2.50. The van der Waals surface area contributed by atoms with Crippen molar-refractivity contribution < 1.29 is 19.4 Å². The van der Waals surface area contributed by atoms with Crippen LogP contribution in [0.4, 0.5) is 10.5 Å². The Bertz CT molecular complexity index is 903. The van der Waals surface area contributed by atoms with E-state index in [-0.39, 0.29) is 24.8 Å². The fraction of sp³-hybridized carbons (Fsp3) is 0.435. The van der Waals surface area contributed by atoms with Crippen LogP contribution in [0.3, 0.4) is 0 Å². The maximum Gasteiger partial charge on any atom is 0.322 e. The molecular formula is C23H26N2O4. The molecule has 2 aromatic carbocycles. The normalized spacial score (nSPS) is 28.0. The van der Waals surface area contributed by atoms with Crippen LogP contribution in [-0.4, -0.2) is 35.4 Å². The molecule has 29 heavy (non-hydrogen) atoms. The second kappa shape index (κ2) is 7.26. The Hall–Kier alpha value is -2.73. The van der Waals surface area contributed by atoms with Gasteiger partial charge in [0.2, 0.25) is 6.79 Å². The zero-order chi connectivity index (χ0) is 19.8. The summed E-state index contributed by atoms with van der Waals surface area (Å²) in [6.45, 7) is 0.740. The summed E-state index contributed by atoms with van der Waals surface area (Å²) < 4.78 is 10.7. The number of piperidine rings is 1. The number of aliphatic hydroxyl groups is 1. The first-order valence-corrected chi connectivity index (χ1v) is 10.4. The summed E-state index contributed by atoms with van der Waals surface area (Å²) in [5.41, 5.74) is 0.783. The molecule has 0 aromatic heterocycles. The van der Waals surface area contributed by atoms with Crippen molar-refractivity contribution in [1.82, 2.24) is 4.90 Å². The fourth-order valence-corrected chi connectivity index (χ4v) is 5.19. The van der Waals surface area contributed by atoms with E-state index in [2.05, 4.69) is 5.32 Å². The highest BCUT2D eigenvalue weighted by atomic mass is 16.7. The summed E-state index contributed by atoms with van der Waals surface area (Å²) in [6, 6.07) is 15.3. The number of hydrogen-bond donors (Lipinski definition) is 2. The largest absolute Gasteiger partial charge is 0.454 e. The van der Waals surface area contributed by atoms with Crippen molar-refractivity contribution in [3.8, 4) is 11.5 Å². The van der Waals surface area contributed by atoms with E-state index in [0.29, 0.717) is 30.2 Å². The lowest BCUT2D eigenvalue weighted by Gasteiger charge is -2.52. The van der Waals surface area contributed by atoms with Gasteiger partial charge in [-0.2, -0.15) is 0 Å². The van der Waals surface area contributed by atoms with Crippen LogP contribution in [0.5, 0.6) is 11.5 Å². The minimum atomic E-state index is -0.873. The maximum absolute atomic E-state index is 13.1. The monoisotopic (exact) mass is 394 g/mol. The van der Waals surface area contributed by atoms with Crippen molar-refractivity contribution in [1.29, 1.82) is 0 Å². The SMILES string of the molecule is O=C(Nc1ccc2c(c1)OCO2)N1CC[C@@](O)(c2ccccc2)[C@H]2CCCC[C@H]21. The van der Waals surface area contributed by atoms with E-state index >= 15 is 0 Å². The van der Waals surface area contributed by atoms with Crippen LogP contribution in [0, 0.1) is 5.92 Å². The van der Waals surface area contributed by atoms with Gasteiger partial charge in [0.05, 0.1) is 5.60 Å². The first-order valence-electron chi connectivity index (χ1n) is 10.4. The lowest BCUT2D eigenvalue weighted by atomic mass is 9.66. The van der Waals surface area contributed by atoms with Crippen molar-refractivity contribution in [3.63, 3.8) is 0 Å². The van der Waals surface area contributed by atoms with Gasteiger partial charge in [0.25, 0.3) is 0 Å². The average Bonchev–Trinajstić information content (AvgIpc) is 3.23. The molecule has 2 amide bonds. The van der Waals surface area contributed by atoms with Crippen LogP contribution in [0.25, 0.3) is 0 Å². The molecule has 2 fully saturated rings. The Morgan fingerprint density at radius 1 is 1.07 bits per heavy atom. The molecule has 2 aliphatic heterocycles. The lowest BCUT2D eigenvalue weighted by Crippen LogP contribution is -2.59. The zero-order valence-electron chi connectivity index (χ0n) is 16.3. The van der Waals surface area contributed by atoms with Crippen molar-refractivity contribution in [2.24, 2.45) is 5.92 Å². The second-order valence-electron chi connectivity index (χ2n) is 8.19. The van der Waals surface area contributed by atoms with E-state index in [1.165, 1.54) is 0 Å². The van der Waals surface area contributed by atoms with Gasteiger partial charge in [-0.15, -0.1) is 0 Å². The van der Waals surface area contributed by atoms with Crippen molar-refractivity contribution in [2.45, 2.75) is 43.7 Å². The number of benzene rings is 2. The molecule has 0 unspecified atom stereocenters. The third-order valence-electron chi connectivity index (χ3n) is 6.64. The first-order chi connectivity index (χ1) is 14.1. The van der Waals surface area contributed by atoms with E-state index in [4.69, 9.17) is 9.47 Å². The maximum atomic E-state index is 13.1. The van der Waals surface area contributed by atoms with Gasteiger partial charge in [0.15, 0.2) is 11.5 Å². The number of ether oxygens (including phenoxy) is 2. The van der Waals surface area contributed by atoms with Gasteiger partial charge >= 0.3 is 6.03 Å². The number of carbonyl (C=O) groups excluding carboxylic acids is 1. The van der Waals surface area contributed by atoms with Crippen LogP contribution in [0.15, 0.2) is 48.5 Å². The van der Waals surface area contributed by atoms with E-state index in [0.717, 1.165) is 31.2 Å². The Morgan fingerprint density at radius 2 is 1.86 bits per heavy atom. The molecular weight excluding hydrogens is 368 g/mol. The van der Waals surface area contributed by atoms with Crippen molar-refractivity contribution >= 4 is 11.7 Å². The highest BCUT2D eigenvalue weighted by Crippen LogP contribution is 2.47. The highest BCUT2D eigenvalue weighted by molar-refractivity contribution is 5.90. The van der Waals surface area contributed by atoms with Gasteiger partial charge in [-0.05, 0) is 37.0 Å². The zero-order valence-corrected chi connectivity index (χ0v) is 16.3. The third kappa shape index (κ3) is 3.21. The Kier molecular flexibility index (Phi) is 4.59. The number of likely N-dealkylation sites (tertiary alicyclic amines) is 1. The molecule has 5 rings (SSSR count). The number of fused-ring (bicyclic) bond motifs is 2. The van der Waals surface area contributed by atoms with Crippen LogP contribution in [0.1, 0.15) is 37.7 Å². The van der Waals surface area contributed by atoms with Crippen LogP contribution >= 0.6 is 0 Å². The summed E-state index contributed by atoms with van der Waals surface area (Å²) in [5.74, 6) is 1.39. The Balaban J connectivity index is 1.37. The number of rotatable bonds is 2. The number of nitrogens with zero attached hydrogens (tertiary/aromatic N) is 1. The molecule has 0 bridgehead atoms. The fourth-order valence-electron chi connectivity index (χ4n) is 5.19. The van der Waals surface area contributed by atoms with E-state index < -0.39 is 5.60 Å². The smallest absolute Gasteiger partial charge is 0.322 e. The molecule has 2 N–H and O–H groups in total. The van der Waals surface area contributed by atoms with Gasteiger partial charge in [0, 0.05) is 30.3 Å². The van der Waals surface area contributed by atoms with Gasteiger partial charge in [-0.25, -0.2) is 4.79 Å². The number of urea groups is 1. The number of nitrogens with one attached hydrogen (secondary N) is 1. The van der Waals surface area contributed by atoms with Crippen molar-refractivity contribution in [2.75, 3.05) is 18.7 Å². The predicted molar refractivity (Wildman–Crippen MR) is 109 cm³/mol. The minimum Gasteiger partial charge on any atom is -0.454 e. The molecule has 2 heterocycles. The molecule has 0 radical (unpaired) electrons. The molecule has 3 atom stereocenters. The van der Waals surface area contributed by atoms with Gasteiger partial charge in [-0.1, -0.05) is 43.2 Å². The standard InChI is InChI=1S/C23H26N2O4/c26-22(24-17-10-11-20-21(14-17)29-15-28-20)25-13-12-23(27,16-6-2-1-3-7-16)18-8-4-5-9-19(18)25/h1-3,6-7,10-11,14,18-19,27H,4-5,8-9,12-13,15H2,(H,24,26)/t18-,19+,23+/m0/s1. The summed E-state index contributed by atoms with van der Waals surface area (Å²) in [6.07, 6.45) is 4.58. The average molecular weight is 394 g/mol. The van der Waals surface area contributed by atoms with Crippen molar-refractivity contribution in [3.05, 3.63) is 54.1 Å². The molecule has 2 aromatic rings. The second-order valence-corrected chi connectivity index (χ2v) is 8.19. The number of hydrogen-bond acceptors (Lipinski definition) is 4. The summed E-state index contributed by atoms with van der Waals surface area (Å²) in [7, 11) is 0. The molecule has 6 nitrogen and oxygen atoms in total. The Labute approximate surface area is 170 Å². The molecule has 1 aliphatic carbocycles. The van der Waals surface area contributed by atoms with Crippen LogP contribution < -0.4 is 14.8 Å². The number of amides is 2. The molecule has 0 spiro atoms. The third-order valence-corrected chi connectivity index (χ3v) is 6.64. The van der Waals surface area contributed by atoms with Gasteiger partial charge in [0.1, 0.15) is 0 Å². The van der Waals surface area contributed by atoms with Crippen LogP contribution in [0.2, 0.25) is 0 Å². The van der Waals surface area contributed by atoms with Gasteiger partial charge < -0.3 is 24.8 Å². The van der Waals surface area contributed by atoms with E-state index in [1.54, 1.807) is 6.07 Å². The van der Waals surface area contributed by atoms with Crippen LogP contribution in [-0.2, 0) is 5.60 Å². The molecule has 3 aliphatic rings. The molecule has 152 valence electrons. The molecule has 1 saturated heterocycles. The minimum absolute atomic E-state index is 0.0386. The summed E-state index contributed by atoms with van der Waals surface area (Å²) in [5, 5.41) is 14.7. The van der Waals surface area contributed by atoms with E-state index in [1.807, 2.05) is 47.4 Å². The molecule has 1 saturated carbocycles. The number of anilines is 1. The first kappa shape index (κ1) is 18.3. The lowest BCUT2D eigenvalue weighted by molar-refractivity contribution is -0.107. The van der Waals surface area contributed by atoms with E-state index in [9.17, 15) is 9.90 Å². The predicted octanol–water partition coefficient (Wildman–Crippen LogP) is 4.10. The summed E-state index contributed by atoms with van der Waals surface area (Å²) >= 11 is 0. The Morgan fingerprint density at radius 3 is 2.72 bits per heavy atom. The number of carbonyl (C=O) groups is 1. The van der Waals surface area contributed by atoms with Gasteiger partial charge in [-0.3, -0.25) is 0 Å². The quantitative estimate of drug-likeness (QED) is 0.805. The summed E-state index contributed by atoms with van der Waals surface area (Å²) in [4.78, 5) is 15.1. The topological polar surface area (TPSA) is 71.0 Å². The molecule has 6 heteroatoms.